The summed E-state index contributed by atoms with van der Waals surface area (Å²) in [5, 5.41) is 13.0. The third kappa shape index (κ3) is 2.97. The molecular weight excluding hydrogens is 281 g/mol. The van der Waals surface area contributed by atoms with Gasteiger partial charge in [0.25, 0.3) is 0 Å². The van der Waals surface area contributed by atoms with Crippen molar-refractivity contribution in [2.24, 2.45) is 0 Å². The van der Waals surface area contributed by atoms with Crippen LogP contribution in [0.1, 0.15) is 51.7 Å². The van der Waals surface area contributed by atoms with E-state index in [1.54, 1.807) is 18.2 Å². The fraction of sp³-hybridized carbons (Fsp3) is 0.400. The molecule has 2 aromatic rings. The Bertz CT molecular complexity index is 749. The molecule has 3 rings (SSSR count). The minimum Gasteiger partial charge on any atom is -0.508 e. The van der Waals surface area contributed by atoms with Crippen molar-refractivity contribution in [1.82, 2.24) is 0 Å². The van der Waals surface area contributed by atoms with Crippen LogP contribution < -0.4 is 10.8 Å². The summed E-state index contributed by atoms with van der Waals surface area (Å²) in [7, 11) is 6.00. The molecule has 2 nitrogen and oxygen atoms in total. The zero-order chi connectivity index (χ0) is 16.8. The van der Waals surface area contributed by atoms with Gasteiger partial charge in [0.15, 0.2) is 0 Å². The van der Waals surface area contributed by atoms with Gasteiger partial charge in [0.1, 0.15) is 13.6 Å². The summed E-state index contributed by atoms with van der Waals surface area (Å²) in [4.78, 5) is 0. The van der Waals surface area contributed by atoms with Crippen LogP contribution in [-0.4, -0.2) is 13.0 Å². The highest BCUT2D eigenvalue weighted by Gasteiger charge is 2.36. The maximum atomic E-state index is 9.66. The first-order valence-electron chi connectivity index (χ1n) is 8.20. The normalized spacial score (nSPS) is 18.3. The highest BCUT2D eigenvalue weighted by Crippen LogP contribution is 2.46. The van der Waals surface area contributed by atoms with Crippen LogP contribution in [0.5, 0.6) is 5.75 Å². The highest BCUT2D eigenvalue weighted by atomic mass is 16.3. The minimum absolute atomic E-state index is 0.174. The highest BCUT2D eigenvalue weighted by molar-refractivity contribution is 6.36. The molecule has 3 heteroatoms. The Labute approximate surface area is 140 Å². The largest absolute Gasteiger partial charge is 0.508 e. The average Bonchev–Trinajstić information content (AvgIpc) is 2.48. The summed E-state index contributed by atoms with van der Waals surface area (Å²) >= 11 is 0. The quantitative estimate of drug-likeness (QED) is 0.812. The van der Waals surface area contributed by atoms with Gasteiger partial charge in [0, 0.05) is 17.4 Å². The van der Waals surface area contributed by atoms with E-state index in [4.69, 9.17) is 7.85 Å². The van der Waals surface area contributed by atoms with Crippen molar-refractivity contribution in [1.29, 1.82) is 0 Å². The molecule has 0 bridgehead atoms. The number of anilines is 2. The lowest BCUT2D eigenvalue weighted by Gasteiger charge is -2.42. The van der Waals surface area contributed by atoms with Gasteiger partial charge in [-0.3, -0.25) is 0 Å². The van der Waals surface area contributed by atoms with Crippen molar-refractivity contribution in [3.8, 4) is 5.75 Å². The number of hydrogen-bond acceptors (Lipinski definition) is 2. The van der Waals surface area contributed by atoms with Gasteiger partial charge in [-0.1, -0.05) is 45.3 Å². The second-order valence-corrected chi connectivity index (χ2v) is 7.92. The van der Waals surface area contributed by atoms with E-state index in [1.807, 2.05) is 0 Å². The van der Waals surface area contributed by atoms with Crippen LogP contribution >= 0.6 is 0 Å². The molecule has 0 fully saturated rings. The van der Waals surface area contributed by atoms with E-state index in [9.17, 15) is 5.11 Å². The van der Waals surface area contributed by atoms with Crippen molar-refractivity contribution < 1.29 is 5.11 Å². The van der Waals surface area contributed by atoms with E-state index in [0.717, 1.165) is 11.4 Å². The number of rotatable bonds is 2. The number of phenols is 1. The Balaban J connectivity index is 2.02. The summed E-state index contributed by atoms with van der Waals surface area (Å²) in [6, 6.07) is 11.5. The van der Waals surface area contributed by atoms with Crippen LogP contribution in [0.2, 0.25) is 0 Å². The van der Waals surface area contributed by atoms with Crippen molar-refractivity contribution in [2.75, 3.05) is 5.32 Å². The maximum absolute atomic E-state index is 9.66. The molecule has 0 amide bonds. The zero-order valence-electron chi connectivity index (χ0n) is 14.4. The first-order chi connectivity index (χ1) is 10.7. The van der Waals surface area contributed by atoms with E-state index in [1.165, 1.54) is 24.0 Å². The van der Waals surface area contributed by atoms with E-state index in [0.29, 0.717) is 5.46 Å². The van der Waals surface area contributed by atoms with Gasteiger partial charge in [-0.05, 0) is 53.0 Å². The molecule has 0 unspecified atom stereocenters. The topological polar surface area (TPSA) is 32.3 Å². The summed E-state index contributed by atoms with van der Waals surface area (Å²) < 4.78 is 0. The van der Waals surface area contributed by atoms with Gasteiger partial charge in [0.2, 0.25) is 0 Å². The molecule has 0 aromatic heterocycles. The first-order valence-corrected chi connectivity index (χ1v) is 8.20. The predicted molar refractivity (Wildman–Crippen MR) is 98.5 cm³/mol. The minimum atomic E-state index is 0.174. The molecule has 1 aliphatic carbocycles. The molecule has 0 atom stereocenters. The second-order valence-electron chi connectivity index (χ2n) is 7.92. The summed E-state index contributed by atoms with van der Waals surface area (Å²) in [6.45, 7) is 9.27. The zero-order valence-corrected chi connectivity index (χ0v) is 14.4. The Hall–Kier alpha value is -1.90. The number of nitrogens with one attached hydrogen (secondary N) is 1. The van der Waals surface area contributed by atoms with Gasteiger partial charge in [-0.2, -0.15) is 0 Å². The van der Waals surface area contributed by atoms with Gasteiger partial charge < -0.3 is 10.4 Å². The molecular formula is C20H24BNO. The van der Waals surface area contributed by atoms with Crippen LogP contribution in [0.25, 0.3) is 0 Å². The number of fused-ring (bicyclic) bond motifs is 1. The van der Waals surface area contributed by atoms with Crippen molar-refractivity contribution >= 4 is 24.7 Å². The fourth-order valence-electron chi connectivity index (χ4n) is 3.47. The molecule has 0 saturated heterocycles. The molecule has 0 saturated carbocycles. The number of aromatic hydroxyl groups is 1. The van der Waals surface area contributed by atoms with E-state index < -0.39 is 0 Å². The lowest BCUT2D eigenvalue weighted by Crippen LogP contribution is -2.33. The Morgan fingerprint density at radius 1 is 0.913 bits per heavy atom. The van der Waals surface area contributed by atoms with E-state index in [-0.39, 0.29) is 16.6 Å². The predicted octanol–water partition coefficient (Wildman–Crippen LogP) is 4.28. The third-order valence-corrected chi connectivity index (χ3v) is 5.17. The van der Waals surface area contributed by atoms with Crippen molar-refractivity contribution in [2.45, 2.75) is 51.4 Å². The monoisotopic (exact) mass is 305 g/mol. The molecule has 0 heterocycles. The summed E-state index contributed by atoms with van der Waals surface area (Å²) in [6.07, 6.45) is 2.39. The Morgan fingerprint density at radius 3 is 2.26 bits per heavy atom. The lowest BCUT2D eigenvalue weighted by molar-refractivity contribution is 0.332. The van der Waals surface area contributed by atoms with Crippen LogP contribution in [0.4, 0.5) is 11.4 Å². The van der Waals surface area contributed by atoms with Crippen LogP contribution in [0.15, 0.2) is 36.4 Å². The molecule has 118 valence electrons. The maximum Gasteiger partial charge on any atom is 0.117 e. The van der Waals surface area contributed by atoms with Crippen LogP contribution in [-0.2, 0) is 10.8 Å². The standard InChI is InChI=1S/C20H24BNO/c1-19(2)9-10-20(3,4)16-11-13(5-7-15(16)19)22-18-12-14(23)6-8-17(18)21/h5-8,11-12,22-23H,9-10H2,1-4H3. The van der Waals surface area contributed by atoms with E-state index in [2.05, 4.69) is 51.2 Å². The summed E-state index contributed by atoms with van der Waals surface area (Å²) in [5.74, 6) is 0.209. The number of benzene rings is 2. The second kappa shape index (κ2) is 5.33. The SMILES string of the molecule is [B]c1ccc(O)cc1Nc1ccc2c(c1)C(C)(C)CCC2(C)C. The summed E-state index contributed by atoms with van der Waals surface area (Å²) in [5.41, 5.74) is 5.59. The molecule has 23 heavy (non-hydrogen) atoms. The average molecular weight is 305 g/mol. The molecule has 0 aliphatic heterocycles. The third-order valence-electron chi connectivity index (χ3n) is 5.17. The molecule has 2 radical (unpaired) electrons. The van der Waals surface area contributed by atoms with Crippen molar-refractivity contribution in [3.05, 3.63) is 47.5 Å². The smallest absolute Gasteiger partial charge is 0.117 e. The fourth-order valence-corrected chi connectivity index (χ4v) is 3.47. The van der Waals surface area contributed by atoms with Crippen molar-refractivity contribution in [3.63, 3.8) is 0 Å². The van der Waals surface area contributed by atoms with Gasteiger partial charge >= 0.3 is 0 Å². The number of phenolic OH excluding ortho intramolecular Hbond substituents is 1. The van der Waals surface area contributed by atoms with Gasteiger partial charge in [-0.25, -0.2) is 0 Å². The Morgan fingerprint density at radius 2 is 1.57 bits per heavy atom. The molecule has 2 aromatic carbocycles. The van der Waals surface area contributed by atoms with E-state index >= 15 is 0 Å². The molecule has 0 spiro atoms. The van der Waals surface area contributed by atoms with Crippen LogP contribution in [0, 0.1) is 0 Å². The first kappa shape index (κ1) is 16.0. The molecule has 2 N–H and O–H groups in total. The van der Waals surface area contributed by atoms with Gasteiger partial charge in [-0.15, -0.1) is 0 Å². The van der Waals surface area contributed by atoms with Crippen LogP contribution in [0.3, 0.4) is 0 Å². The number of hydrogen-bond donors (Lipinski definition) is 2. The Kier molecular flexibility index (Phi) is 3.70. The molecule has 1 aliphatic rings. The lowest BCUT2D eigenvalue weighted by atomic mass is 9.63. The van der Waals surface area contributed by atoms with Gasteiger partial charge in [0.05, 0.1) is 0 Å².